The summed E-state index contributed by atoms with van der Waals surface area (Å²) in [6.45, 7) is 3.03. The van der Waals surface area contributed by atoms with Crippen LogP contribution in [0.25, 0.3) is 0 Å². The molecule has 1 heterocycles. The van der Waals surface area contributed by atoms with Crippen LogP contribution < -0.4 is 11.1 Å². The predicted octanol–water partition coefficient (Wildman–Crippen LogP) is -0.531. The molecule has 3 N–H and O–H groups in total. The molecule has 1 atom stereocenters. The van der Waals surface area contributed by atoms with Crippen molar-refractivity contribution in [1.82, 2.24) is 15.1 Å². The fourth-order valence-corrected chi connectivity index (χ4v) is 1.20. The van der Waals surface area contributed by atoms with Gasteiger partial charge in [0.2, 0.25) is 0 Å². The van der Waals surface area contributed by atoms with Crippen LogP contribution in [0.5, 0.6) is 0 Å². The third-order valence-electron chi connectivity index (χ3n) is 2.35. The number of rotatable bonds is 3. The molecule has 0 saturated carbocycles. The number of aromatic nitrogens is 2. The zero-order chi connectivity index (χ0) is 13.9. The molecule has 3 amide bonds. The lowest BCUT2D eigenvalue weighted by molar-refractivity contribution is -0.127. The van der Waals surface area contributed by atoms with Gasteiger partial charge in [0.1, 0.15) is 5.56 Å². The second-order valence-corrected chi connectivity index (χ2v) is 3.67. The highest BCUT2D eigenvalue weighted by molar-refractivity contribution is 5.98. The van der Waals surface area contributed by atoms with Gasteiger partial charge in [-0.3, -0.25) is 14.8 Å². The van der Waals surface area contributed by atoms with Crippen LogP contribution in [0.3, 0.4) is 0 Å². The first kappa shape index (κ1) is 13.7. The molecule has 0 aromatic carbocycles. The molecule has 0 bridgehead atoms. The van der Waals surface area contributed by atoms with E-state index in [1.807, 2.05) is 5.32 Å². The number of hydrogen-bond acceptors (Lipinski definition) is 5. The average Bonchev–Trinajstić information content (AvgIpc) is 2.58. The van der Waals surface area contributed by atoms with Gasteiger partial charge in [0.05, 0.1) is 6.20 Å². The van der Waals surface area contributed by atoms with Crippen molar-refractivity contribution in [1.29, 1.82) is 0 Å². The van der Waals surface area contributed by atoms with Gasteiger partial charge in [-0.05, 0) is 13.8 Å². The number of carbonyl (C=O) groups excluding carboxylic acids is 3. The first-order valence-corrected chi connectivity index (χ1v) is 5.12. The summed E-state index contributed by atoms with van der Waals surface area (Å²) in [4.78, 5) is 33.5. The molecule has 0 aliphatic heterocycles. The number of imide groups is 1. The Morgan fingerprint density at radius 1 is 1.50 bits per heavy atom. The zero-order valence-electron chi connectivity index (χ0n) is 10.3. The van der Waals surface area contributed by atoms with Crippen LogP contribution in [-0.2, 0) is 16.6 Å². The Balaban J connectivity index is 2.68. The third-order valence-corrected chi connectivity index (χ3v) is 2.35. The van der Waals surface area contributed by atoms with E-state index in [0.29, 0.717) is 5.69 Å². The van der Waals surface area contributed by atoms with E-state index in [4.69, 9.17) is 10.5 Å². The van der Waals surface area contributed by atoms with Gasteiger partial charge in [-0.2, -0.15) is 5.10 Å². The lowest BCUT2D eigenvalue weighted by atomic mass is 10.2. The standard InChI is InChI=1S/C10H14N4O4/c1-5-7(4-12-14(5)3)9(16)18-6(2)8(15)13-10(11)17/h4,6H,1-3H3,(H3,11,13,15,17). The van der Waals surface area contributed by atoms with E-state index in [0.717, 1.165) is 0 Å². The van der Waals surface area contributed by atoms with Gasteiger partial charge in [-0.25, -0.2) is 9.59 Å². The Morgan fingerprint density at radius 3 is 2.56 bits per heavy atom. The largest absolute Gasteiger partial charge is 0.449 e. The van der Waals surface area contributed by atoms with Crippen molar-refractivity contribution in [3.8, 4) is 0 Å². The van der Waals surface area contributed by atoms with Crippen molar-refractivity contribution in [2.75, 3.05) is 0 Å². The summed E-state index contributed by atoms with van der Waals surface area (Å²) in [5.41, 5.74) is 5.65. The lowest BCUT2D eigenvalue weighted by Gasteiger charge is -2.11. The minimum Gasteiger partial charge on any atom is -0.449 e. The molecule has 1 aromatic rings. The maximum Gasteiger partial charge on any atom is 0.342 e. The summed E-state index contributed by atoms with van der Waals surface area (Å²) in [6, 6.07) is -1.000. The maximum atomic E-state index is 11.7. The number of nitrogens with zero attached hydrogens (tertiary/aromatic N) is 2. The fraction of sp³-hybridized carbons (Fsp3) is 0.400. The predicted molar refractivity (Wildman–Crippen MR) is 60.5 cm³/mol. The van der Waals surface area contributed by atoms with Gasteiger partial charge in [0.25, 0.3) is 5.91 Å². The molecule has 1 aromatic heterocycles. The second-order valence-electron chi connectivity index (χ2n) is 3.67. The minimum absolute atomic E-state index is 0.260. The van der Waals surface area contributed by atoms with Gasteiger partial charge in [-0.15, -0.1) is 0 Å². The van der Waals surface area contributed by atoms with E-state index in [1.165, 1.54) is 17.8 Å². The summed E-state index contributed by atoms with van der Waals surface area (Å²) < 4.78 is 6.39. The molecule has 0 fully saturated rings. The van der Waals surface area contributed by atoms with Gasteiger partial charge in [0.15, 0.2) is 6.10 Å². The first-order valence-electron chi connectivity index (χ1n) is 5.12. The van der Waals surface area contributed by atoms with Crippen molar-refractivity contribution >= 4 is 17.9 Å². The van der Waals surface area contributed by atoms with Crippen molar-refractivity contribution in [2.45, 2.75) is 20.0 Å². The van der Waals surface area contributed by atoms with Crippen LogP contribution >= 0.6 is 0 Å². The number of primary amides is 1. The number of aryl methyl sites for hydroxylation is 1. The zero-order valence-corrected chi connectivity index (χ0v) is 10.3. The number of esters is 1. The van der Waals surface area contributed by atoms with E-state index in [1.54, 1.807) is 14.0 Å². The highest BCUT2D eigenvalue weighted by Crippen LogP contribution is 2.08. The number of ether oxygens (including phenoxy) is 1. The molecule has 8 heteroatoms. The number of nitrogens with one attached hydrogen (secondary N) is 1. The molecular weight excluding hydrogens is 240 g/mol. The van der Waals surface area contributed by atoms with Crippen molar-refractivity contribution in [3.05, 3.63) is 17.5 Å². The first-order chi connectivity index (χ1) is 8.32. The molecule has 0 aliphatic carbocycles. The SMILES string of the molecule is Cc1c(C(=O)OC(C)C(=O)NC(N)=O)cnn1C. The Kier molecular flexibility index (Phi) is 4.03. The molecule has 0 radical (unpaired) electrons. The Bertz CT molecular complexity index is 494. The van der Waals surface area contributed by atoms with Gasteiger partial charge >= 0.3 is 12.0 Å². The number of amides is 3. The minimum atomic E-state index is -1.12. The van der Waals surface area contributed by atoms with Crippen LogP contribution in [0.15, 0.2) is 6.20 Å². The van der Waals surface area contributed by atoms with Crippen molar-refractivity contribution in [2.24, 2.45) is 12.8 Å². The van der Waals surface area contributed by atoms with E-state index in [-0.39, 0.29) is 5.56 Å². The van der Waals surface area contributed by atoms with Crippen molar-refractivity contribution < 1.29 is 19.1 Å². The summed E-state index contributed by atoms with van der Waals surface area (Å²) >= 11 is 0. The van der Waals surface area contributed by atoms with Crippen LogP contribution in [0.2, 0.25) is 0 Å². The second kappa shape index (κ2) is 5.30. The van der Waals surface area contributed by atoms with Crippen molar-refractivity contribution in [3.63, 3.8) is 0 Å². The Labute approximate surface area is 103 Å². The van der Waals surface area contributed by atoms with E-state index in [2.05, 4.69) is 5.10 Å². The van der Waals surface area contributed by atoms with Gasteiger partial charge in [-0.1, -0.05) is 0 Å². The summed E-state index contributed by atoms with van der Waals surface area (Å²) in [6.07, 6.45) is 0.223. The van der Waals surface area contributed by atoms with E-state index >= 15 is 0 Å². The summed E-state index contributed by atoms with van der Waals surface area (Å²) in [5, 5.41) is 5.70. The molecule has 0 aliphatic rings. The highest BCUT2D eigenvalue weighted by atomic mass is 16.5. The smallest absolute Gasteiger partial charge is 0.342 e. The Hall–Kier alpha value is -2.38. The fourth-order valence-electron chi connectivity index (χ4n) is 1.20. The highest BCUT2D eigenvalue weighted by Gasteiger charge is 2.22. The topological polar surface area (TPSA) is 116 Å². The van der Waals surface area contributed by atoms with Crippen LogP contribution in [0.1, 0.15) is 23.0 Å². The molecule has 98 valence electrons. The van der Waals surface area contributed by atoms with Gasteiger partial charge in [0, 0.05) is 12.7 Å². The Morgan fingerprint density at radius 2 is 2.11 bits per heavy atom. The molecule has 0 spiro atoms. The maximum absolute atomic E-state index is 11.7. The van der Waals surface area contributed by atoms with Crippen LogP contribution in [0.4, 0.5) is 4.79 Å². The normalized spacial score (nSPS) is 11.7. The quantitative estimate of drug-likeness (QED) is 0.703. The third kappa shape index (κ3) is 3.06. The summed E-state index contributed by atoms with van der Waals surface area (Å²) in [7, 11) is 1.68. The van der Waals surface area contributed by atoms with E-state index in [9.17, 15) is 14.4 Å². The lowest BCUT2D eigenvalue weighted by Crippen LogP contribution is -2.42. The number of nitrogens with two attached hydrogens (primary N) is 1. The number of carbonyl (C=O) groups is 3. The molecule has 1 rings (SSSR count). The molecule has 1 unspecified atom stereocenters. The van der Waals surface area contributed by atoms with Crippen LogP contribution in [0, 0.1) is 6.92 Å². The molecule has 8 nitrogen and oxygen atoms in total. The molecule has 0 saturated heterocycles. The molecular formula is C10H14N4O4. The monoisotopic (exact) mass is 254 g/mol. The number of hydrogen-bond donors (Lipinski definition) is 2. The molecule has 18 heavy (non-hydrogen) atoms. The van der Waals surface area contributed by atoms with Gasteiger partial charge < -0.3 is 10.5 Å². The number of urea groups is 1. The van der Waals surface area contributed by atoms with Crippen LogP contribution in [-0.4, -0.2) is 33.8 Å². The summed E-state index contributed by atoms with van der Waals surface area (Å²) in [5.74, 6) is -1.47. The average molecular weight is 254 g/mol. The van der Waals surface area contributed by atoms with E-state index < -0.39 is 24.0 Å².